The maximum Gasteiger partial charge on any atom is 0.325 e. The quantitative estimate of drug-likeness (QED) is 0.545. The van der Waals surface area contributed by atoms with Crippen molar-refractivity contribution in [1.29, 1.82) is 0 Å². The van der Waals surface area contributed by atoms with Gasteiger partial charge in [-0.15, -0.1) is 0 Å². The summed E-state index contributed by atoms with van der Waals surface area (Å²) in [6.07, 6.45) is 4.11. The molecular weight excluding hydrogens is 410 g/mol. The number of methoxy groups -OCH3 is 1. The molecule has 0 aliphatic carbocycles. The number of ether oxygens (including phenoxy) is 1. The van der Waals surface area contributed by atoms with Crippen LogP contribution in [0.3, 0.4) is 0 Å². The average molecular weight is 435 g/mol. The van der Waals surface area contributed by atoms with Crippen LogP contribution in [0.15, 0.2) is 48.9 Å². The fourth-order valence-corrected chi connectivity index (χ4v) is 3.87. The number of aryl methyl sites for hydroxylation is 2. The zero-order valence-electron chi connectivity index (χ0n) is 18.1. The monoisotopic (exact) mass is 435 g/mol. The Labute approximate surface area is 185 Å². The molecule has 0 radical (unpaired) electrons. The molecule has 1 aliphatic rings. The summed E-state index contributed by atoms with van der Waals surface area (Å²) in [5.41, 5.74) is 2.95. The fraction of sp³-hybridized carbons (Fsp3) is 0.348. The van der Waals surface area contributed by atoms with E-state index in [1.54, 1.807) is 19.3 Å². The number of imidazole rings is 1. The number of benzene rings is 1. The van der Waals surface area contributed by atoms with Gasteiger partial charge in [0.15, 0.2) is 5.65 Å². The van der Waals surface area contributed by atoms with Gasteiger partial charge in [-0.2, -0.15) is 0 Å². The SMILES string of the molecule is COC(=O)CN1CCN(C(=O)c2cnc3c(c2)ncn3CCc2ccccc2)C(C)C1=O. The lowest BCUT2D eigenvalue weighted by Crippen LogP contribution is -2.58. The first kappa shape index (κ1) is 21.5. The van der Waals surface area contributed by atoms with Crippen molar-refractivity contribution in [2.45, 2.75) is 25.9 Å². The highest BCUT2D eigenvalue weighted by molar-refractivity contribution is 5.99. The second-order valence-corrected chi connectivity index (χ2v) is 7.75. The molecule has 0 saturated carbocycles. The second-order valence-electron chi connectivity index (χ2n) is 7.75. The Kier molecular flexibility index (Phi) is 6.16. The van der Waals surface area contributed by atoms with Crippen molar-refractivity contribution in [3.05, 3.63) is 60.0 Å². The summed E-state index contributed by atoms with van der Waals surface area (Å²) in [6.45, 7) is 2.87. The van der Waals surface area contributed by atoms with Crippen LogP contribution in [0.25, 0.3) is 11.2 Å². The molecule has 32 heavy (non-hydrogen) atoms. The molecule has 0 spiro atoms. The molecule has 2 amide bonds. The topological polar surface area (TPSA) is 97.6 Å². The number of carbonyl (C=O) groups excluding carboxylic acids is 3. The van der Waals surface area contributed by atoms with E-state index in [1.165, 1.54) is 28.7 Å². The van der Waals surface area contributed by atoms with Gasteiger partial charge in [-0.1, -0.05) is 30.3 Å². The number of nitrogens with zero attached hydrogens (tertiary/aromatic N) is 5. The Bertz CT molecular complexity index is 1140. The molecule has 4 rings (SSSR count). The van der Waals surface area contributed by atoms with Crippen LogP contribution in [0, 0.1) is 0 Å². The van der Waals surface area contributed by atoms with Crippen LogP contribution in [-0.2, 0) is 27.3 Å². The first-order valence-corrected chi connectivity index (χ1v) is 10.5. The van der Waals surface area contributed by atoms with Crippen molar-refractivity contribution < 1.29 is 19.1 Å². The van der Waals surface area contributed by atoms with Crippen LogP contribution in [0.2, 0.25) is 0 Å². The Balaban J connectivity index is 1.46. The van der Waals surface area contributed by atoms with Crippen LogP contribution in [0.1, 0.15) is 22.8 Å². The van der Waals surface area contributed by atoms with Crippen molar-refractivity contribution in [2.24, 2.45) is 0 Å². The molecule has 1 aliphatic heterocycles. The molecule has 1 aromatic carbocycles. The molecule has 1 fully saturated rings. The minimum atomic E-state index is -0.681. The van der Waals surface area contributed by atoms with Crippen molar-refractivity contribution >= 4 is 28.9 Å². The van der Waals surface area contributed by atoms with Gasteiger partial charge in [-0.3, -0.25) is 14.4 Å². The fourth-order valence-electron chi connectivity index (χ4n) is 3.87. The number of piperazine rings is 1. The van der Waals surface area contributed by atoms with E-state index in [-0.39, 0.29) is 24.9 Å². The van der Waals surface area contributed by atoms with Gasteiger partial charge in [0.25, 0.3) is 5.91 Å². The highest BCUT2D eigenvalue weighted by atomic mass is 16.5. The van der Waals surface area contributed by atoms with Crippen LogP contribution in [0.5, 0.6) is 0 Å². The molecular formula is C23H25N5O4. The highest BCUT2D eigenvalue weighted by Gasteiger charge is 2.35. The number of fused-ring (bicyclic) bond motifs is 1. The number of hydrogen-bond acceptors (Lipinski definition) is 6. The lowest BCUT2D eigenvalue weighted by atomic mass is 10.1. The van der Waals surface area contributed by atoms with E-state index in [2.05, 4.69) is 26.8 Å². The molecule has 0 N–H and O–H groups in total. The number of amides is 2. The summed E-state index contributed by atoms with van der Waals surface area (Å²) < 4.78 is 6.60. The van der Waals surface area contributed by atoms with E-state index in [4.69, 9.17) is 0 Å². The zero-order chi connectivity index (χ0) is 22.7. The van der Waals surface area contributed by atoms with Gasteiger partial charge in [0.05, 0.1) is 19.0 Å². The molecule has 3 heterocycles. The third-order valence-electron chi connectivity index (χ3n) is 5.74. The van der Waals surface area contributed by atoms with Crippen molar-refractivity contribution in [1.82, 2.24) is 24.3 Å². The Morgan fingerprint density at radius 2 is 1.94 bits per heavy atom. The smallest absolute Gasteiger partial charge is 0.325 e. The predicted octanol–water partition coefficient (Wildman–Crippen LogP) is 1.52. The lowest BCUT2D eigenvalue weighted by molar-refractivity contribution is -0.150. The van der Waals surface area contributed by atoms with Gasteiger partial charge in [0, 0.05) is 25.8 Å². The molecule has 9 heteroatoms. The normalized spacial score (nSPS) is 16.4. The van der Waals surface area contributed by atoms with Crippen LogP contribution < -0.4 is 0 Å². The second kappa shape index (κ2) is 9.17. The minimum Gasteiger partial charge on any atom is -0.468 e. The molecule has 166 valence electrons. The summed E-state index contributed by atoms with van der Waals surface area (Å²) in [4.78, 5) is 49.0. The average Bonchev–Trinajstić information content (AvgIpc) is 3.23. The Morgan fingerprint density at radius 3 is 2.69 bits per heavy atom. The van der Waals surface area contributed by atoms with E-state index in [0.717, 1.165) is 13.0 Å². The summed E-state index contributed by atoms with van der Waals surface area (Å²) >= 11 is 0. The van der Waals surface area contributed by atoms with E-state index in [1.807, 2.05) is 22.8 Å². The number of rotatable bonds is 6. The Morgan fingerprint density at radius 1 is 1.16 bits per heavy atom. The third kappa shape index (κ3) is 4.32. The third-order valence-corrected chi connectivity index (χ3v) is 5.74. The van der Waals surface area contributed by atoms with Gasteiger partial charge in [-0.05, 0) is 25.0 Å². The number of esters is 1. The molecule has 3 aromatic rings. The van der Waals surface area contributed by atoms with Crippen LogP contribution in [0.4, 0.5) is 0 Å². The molecule has 1 atom stereocenters. The predicted molar refractivity (Wildman–Crippen MR) is 117 cm³/mol. The van der Waals surface area contributed by atoms with E-state index < -0.39 is 12.0 Å². The summed E-state index contributed by atoms with van der Waals surface area (Å²) in [6, 6.07) is 11.2. The molecule has 0 bridgehead atoms. The van der Waals surface area contributed by atoms with Crippen LogP contribution >= 0.6 is 0 Å². The summed E-state index contributed by atoms with van der Waals surface area (Å²) in [7, 11) is 1.28. The number of hydrogen-bond donors (Lipinski definition) is 0. The minimum absolute atomic E-state index is 0.115. The van der Waals surface area contributed by atoms with E-state index in [9.17, 15) is 14.4 Å². The largest absolute Gasteiger partial charge is 0.468 e. The first-order valence-electron chi connectivity index (χ1n) is 10.5. The number of pyridine rings is 1. The first-order chi connectivity index (χ1) is 15.5. The van der Waals surface area contributed by atoms with Crippen molar-refractivity contribution in [3.63, 3.8) is 0 Å². The zero-order valence-corrected chi connectivity index (χ0v) is 18.1. The highest BCUT2D eigenvalue weighted by Crippen LogP contribution is 2.18. The molecule has 1 saturated heterocycles. The van der Waals surface area contributed by atoms with Crippen molar-refractivity contribution in [2.75, 3.05) is 26.7 Å². The van der Waals surface area contributed by atoms with Crippen molar-refractivity contribution in [3.8, 4) is 0 Å². The lowest BCUT2D eigenvalue weighted by Gasteiger charge is -2.38. The summed E-state index contributed by atoms with van der Waals surface area (Å²) in [5, 5.41) is 0. The maximum absolute atomic E-state index is 13.1. The number of aromatic nitrogens is 3. The number of carbonyl (C=O) groups is 3. The van der Waals surface area contributed by atoms with Gasteiger partial charge < -0.3 is 19.1 Å². The van der Waals surface area contributed by atoms with E-state index in [0.29, 0.717) is 23.3 Å². The van der Waals surface area contributed by atoms with Gasteiger partial charge in [-0.25, -0.2) is 9.97 Å². The maximum atomic E-state index is 13.1. The molecule has 2 aromatic heterocycles. The van der Waals surface area contributed by atoms with Crippen LogP contribution in [-0.4, -0.2) is 74.9 Å². The summed E-state index contributed by atoms with van der Waals surface area (Å²) in [5.74, 6) is -1.05. The Hall–Kier alpha value is -3.75. The van der Waals surface area contributed by atoms with Gasteiger partial charge in [0.1, 0.15) is 18.1 Å². The van der Waals surface area contributed by atoms with E-state index >= 15 is 0 Å². The molecule has 9 nitrogen and oxygen atoms in total. The van der Waals surface area contributed by atoms with Gasteiger partial charge >= 0.3 is 5.97 Å². The molecule has 1 unspecified atom stereocenters. The standard InChI is InChI=1S/C23H25N5O4/c1-16-22(30)26(14-20(29)32-2)10-11-28(16)23(31)18-12-19-21(24-13-18)27(15-25-19)9-8-17-6-4-3-5-7-17/h3-7,12-13,15-16H,8-11,14H2,1-2H3. The van der Waals surface area contributed by atoms with Gasteiger partial charge in [0.2, 0.25) is 5.91 Å².